The highest BCUT2D eigenvalue weighted by Gasteiger charge is 2.10. The largest absolute Gasteiger partial charge is 0.489 e. The van der Waals surface area contributed by atoms with Gasteiger partial charge in [0, 0.05) is 24.5 Å². The minimum atomic E-state index is -0.104. The summed E-state index contributed by atoms with van der Waals surface area (Å²) in [6.07, 6.45) is 3.45. The minimum absolute atomic E-state index is 0.104. The van der Waals surface area contributed by atoms with Crippen molar-refractivity contribution in [1.82, 2.24) is 9.97 Å². The van der Waals surface area contributed by atoms with E-state index in [4.69, 9.17) is 9.15 Å². The van der Waals surface area contributed by atoms with Crippen molar-refractivity contribution in [3.63, 3.8) is 0 Å². The number of pyridine rings is 1. The van der Waals surface area contributed by atoms with Gasteiger partial charge in [0.05, 0.1) is 0 Å². The maximum atomic E-state index is 11.4. The molecule has 0 atom stereocenters. The van der Waals surface area contributed by atoms with Crippen molar-refractivity contribution in [3.05, 3.63) is 76.7 Å². The summed E-state index contributed by atoms with van der Waals surface area (Å²) >= 11 is 0. The molecular weight excluding hydrogens is 292 g/mol. The Morgan fingerprint density at radius 3 is 2.74 bits per heavy atom. The highest BCUT2D eigenvalue weighted by Crippen LogP contribution is 2.26. The summed E-state index contributed by atoms with van der Waals surface area (Å²) < 4.78 is 11.5. The van der Waals surface area contributed by atoms with Gasteiger partial charge < -0.3 is 9.15 Å². The van der Waals surface area contributed by atoms with Crippen molar-refractivity contribution in [2.24, 2.45) is 0 Å². The van der Waals surface area contributed by atoms with Crippen LogP contribution >= 0.6 is 0 Å². The monoisotopic (exact) mass is 304 g/mol. The molecule has 1 aliphatic carbocycles. The highest BCUT2D eigenvalue weighted by molar-refractivity contribution is 5.77. The van der Waals surface area contributed by atoms with Crippen molar-refractivity contribution in [2.75, 3.05) is 0 Å². The van der Waals surface area contributed by atoms with Gasteiger partial charge in [0.15, 0.2) is 16.8 Å². The van der Waals surface area contributed by atoms with Gasteiger partial charge >= 0.3 is 0 Å². The summed E-state index contributed by atoms with van der Waals surface area (Å²) in [7, 11) is 0. The van der Waals surface area contributed by atoms with Crippen molar-refractivity contribution in [1.29, 1.82) is 0 Å². The van der Waals surface area contributed by atoms with Crippen molar-refractivity contribution < 1.29 is 9.15 Å². The van der Waals surface area contributed by atoms with E-state index in [1.807, 2.05) is 24.3 Å². The van der Waals surface area contributed by atoms with Crippen LogP contribution in [-0.4, -0.2) is 9.97 Å². The molecule has 1 aromatic carbocycles. The summed E-state index contributed by atoms with van der Waals surface area (Å²) in [5.41, 5.74) is 2.88. The fourth-order valence-electron chi connectivity index (χ4n) is 2.32. The van der Waals surface area contributed by atoms with Gasteiger partial charge in [-0.05, 0) is 42.0 Å². The Bertz CT molecular complexity index is 996. The van der Waals surface area contributed by atoms with Crippen molar-refractivity contribution >= 4 is 11.1 Å². The predicted octanol–water partition coefficient (Wildman–Crippen LogP) is 3.27. The number of nitrogens with zero attached hydrogens (tertiary/aromatic N) is 2. The minimum Gasteiger partial charge on any atom is -0.489 e. The molecule has 0 radical (unpaired) electrons. The molecular formula is C18H12N2O3. The lowest BCUT2D eigenvalue weighted by molar-refractivity contribution is 0.306. The number of hydrogen-bond acceptors (Lipinski definition) is 5. The number of benzene rings is 2. The number of hydrogen-bond donors (Lipinski definition) is 0. The lowest BCUT2D eigenvalue weighted by Crippen LogP contribution is -1.99. The van der Waals surface area contributed by atoms with Gasteiger partial charge in [-0.3, -0.25) is 9.78 Å². The topological polar surface area (TPSA) is 65.2 Å². The zero-order valence-corrected chi connectivity index (χ0v) is 12.1. The maximum Gasteiger partial charge on any atom is 0.182 e. The van der Waals surface area contributed by atoms with E-state index in [1.54, 1.807) is 24.5 Å². The summed E-state index contributed by atoms with van der Waals surface area (Å²) in [6.45, 7) is 0.444. The Morgan fingerprint density at radius 2 is 1.87 bits per heavy atom. The van der Waals surface area contributed by atoms with Gasteiger partial charge in [0.2, 0.25) is 0 Å². The number of rotatable bonds is 3. The molecule has 0 amide bonds. The normalized spacial score (nSPS) is 11.0. The molecule has 5 heteroatoms. The smallest absolute Gasteiger partial charge is 0.182 e. The first-order valence-corrected chi connectivity index (χ1v) is 7.14. The van der Waals surface area contributed by atoms with Crippen LogP contribution in [0.3, 0.4) is 0 Å². The van der Waals surface area contributed by atoms with Gasteiger partial charge in [-0.15, -0.1) is 0 Å². The second kappa shape index (κ2) is 5.53. The highest BCUT2D eigenvalue weighted by atomic mass is 16.5. The van der Waals surface area contributed by atoms with E-state index in [9.17, 15) is 4.79 Å². The third-order valence-corrected chi connectivity index (χ3v) is 3.48. The molecule has 1 aromatic heterocycles. The Balaban J connectivity index is 1.68. The Labute approximate surface area is 131 Å². The van der Waals surface area contributed by atoms with Gasteiger partial charge in [-0.1, -0.05) is 0 Å². The quantitative estimate of drug-likeness (QED) is 0.543. The molecule has 23 heavy (non-hydrogen) atoms. The molecule has 2 aliphatic rings. The third-order valence-electron chi connectivity index (χ3n) is 3.48. The predicted molar refractivity (Wildman–Crippen MR) is 85.5 cm³/mol. The molecule has 0 unspecified atom stereocenters. The van der Waals surface area contributed by atoms with Crippen LogP contribution in [0.1, 0.15) is 5.56 Å². The molecule has 5 nitrogen and oxygen atoms in total. The molecule has 2 heterocycles. The standard InChI is InChI=1S/C18H12N2O3/c21-13-1-3-15-17(9-13)23-18-10-14(2-4-16(18)20-15)22-11-12-5-7-19-8-6-12/h1-10H,11H2. The van der Waals surface area contributed by atoms with E-state index in [0.29, 0.717) is 34.9 Å². The third kappa shape index (κ3) is 2.76. The van der Waals surface area contributed by atoms with Crippen LogP contribution in [0.25, 0.3) is 22.6 Å². The first-order valence-electron chi connectivity index (χ1n) is 7.14. The lowest BCUT2D eigenvalue weighted by Gasteiger charge is -2.09. The van der Waals surface area contributed by atoms with Gasteiger partial charge in [-0.2, -0.15) is 0 Å². The molecule has 0 spiro atoms. The van der Waals surface area contributed by atoms with Crippen LogP contribution in [0.4, 0.5) is 0 Å². The van der Waals surface area contributed by atoms with E-state index < -0.39 is 0 Å². The number of ether oxygens (including phenoxy) is 1. The van der Waals surface area contributed by atoms with E-state index in [-0.39, 0.29) is 5.43 Å². The number of fused-ring (bicyclic) bond motifs is 2. The van der Waals surface area contributed by atoms with Gasteiger partial charge in [-0.25, -0.2) is 4.98 Å². The average Bonchev–Trinajstić information content (AvgIpc) is 2.59. The molecule has 0 N–H and O–H groups in total. The van der Waals surface area contributed by atoms with E-state index >= 15 is 0 Å². The lowest BCUT2D eigenvalue weighted by atomic mass is 10.2. The molecule has 0 fully saturated rings. The van der Waals surface area contributed by atoms with Gasteiger partial charge in [0.1, 0.15) is 23.6 Å². The molecule has 1 aliphatic heterocycles. The van der Waals surface area contributed by atoms with Crippen molar-refractivity contribution in [2.45, 2.75) is 6.61 Å². The van der Waals surface area contributed by atoms with Crippen LogP contribution in [0, 0.1) is 0 Å². The van der Waals surface area contributed by atoms with Crippen LogP contribution in [-0.2, 0) is 6.61 Å². The van der Waals surface area contributed by atoms with E-state index in [1.165, 1.54) is 12.1 Å². The fourth-order valence-corrected chi connectivity index (χ4v) is 2.32. The van der Waals surface area contributed by atoms with Crippen LogP contribution in [0.15, 0.2) is 70.1 Å². The molecule has 0 saturated carbocycles. The molecule has 4 rings (SSSR count). The zero-order chi connectivity index (χ0) is 15.6. The summed E-state index contributed by atoms with van der Waals surface area (Å²) in [6, 6.07) is 13.8. The SMILES string of the molecule is O=c1ccc2nc3ccc(OCc4ccncc4)cc3oc-2c1. The Kier molecular flexibility index (Phi) is 3.24. The second-order valence-corrected chi connectivity index (χ2v) is 5.12. The van der Waals surface area contributed by atoms with Crippen LogP contribution in [0.2, 0.25) is 0 Å². The van der Waals surface area contributed by atoms with Crippen LogP contribution in [0.5, 0.6) is 5.75 Å². The Hall–Kier alpha value is -3.21. The molecule has 112 valence electrons. The number of aromatic nitrogens is 2. The fraction of sp³-hybridized carbons (Fsp3) is 0.0556. The summed E-state index contributed by atoms with van der Waals surface area (Å²) in [5, 5.41) is 0. The van der Waals surface area contributed by atoms with Gasteiger partial charge in [0.25, 0.3) is 0 Å². The summed E-state index contributed by atoms with van der Waals surface area (Å²) in [5.74, 6) is 1.15. The van der Waals surface area contributed by atoms with E-state index in [0.717, 1.165) is 5.56 Å². The summed E-state index contributed by atoms with van der Waals surface area (Å²) in [4.78, 5) is 19.9. The van der Waals surface area contributed by atoms with E-state index in [2.05, 4.69) is 9.97 Å². The van der Waals surface area contributed by atoms with Crippen LogP contribution < -0.4 is 10.2 Å². The Morgan fingerprint density at radius 1 is 1.00 bits per heavy atom. The molecule has 0 bridgehead atoms. The maximum absolute atomic E-state index is 11.4. The average molecular weight is 304 g/mol. The first-order chi connectivity index (χ1) is 11.3. The molecule has 2 aromatic rings. The van der Waals surface area contributed by atoms with Crippen molar-refractivity contribution in [3.8, 4) is 17.2 Å². The molecule has 0 saturated heterocycles. The second-order valence-electron chi connectivity index (χ2n) is 5.12. The first kappa shape index (κ1) is 13.5. The zero-order valence-electron chi connectivity index (χ0n) is 12.1.